The van der Waals surface area contributed by atoms with Crippen LogP contribution in [0.25, 0.3) is 11.6 Å². The monoisotopic (exact) mass is 403 g/mol. The number of aromatic carboxylic acids is 1. The zero-order valence-corrected chi connectivity index (χ0v) is 16.1. The van der Waals surface area contributed by atoms with Crippen molar-refractivity contribution in [1.82, 2.24) is 0 Å². The normalized spacial score (nSPS) is 10.9. The van der Waals surface area contributed by atoms with Crippen LogP contribution in [0.4, 0.5) is 4.39 Å². The van der Waals surface area contributed by atoms with E-state index < -0.39 is 5.97 Å². The Morgan fingerprint density at radius 2 is 1.70 bits per heavy atom. The number of rotatable bonds is 7. The lowest BCUT2D eigenvalue weighted by Gasteiger charge is -2.12. The highest BCUT2D eigenvalue weighted by atomic mass is 19.1. The van der Waals surface area contributed by atoms with Crippen molar-refractivity contribution in [3.8, 4) is 17.6 Å². The number of ether oxygens (including phenoxy) is 2. The fourth-order valence-corrected chi connectivity index (χ4v) is 2.77. The number of allylic oxidation sites excluding steroid dienone is 1. The zero-order chi connectivity index (χ0) is 21.5. The Morgan fingerprint density at radius 1 is 1.03 bits per heavy atom. The van der Waals surface area contributed by atoms with E-state index in [1.807, 2.05) is 0 Å². The lowest BCUT2D eigenvalue weighted by atomic mass is 10.0. The Balaban J connectivity index is 1.78. The van der Waals surface area contributed by atoms with Crippen LogP contribution in [0.3, 0.4) is 0 Å². The van der Waals surface area contributed by atoms with E-state index in [1.165, 1.54) is 31.4 Å². The number of benzene rings is 3. The molecule has 5 nitrogen and oxygen atoms in total. The standard InChI is InChI=1S/C24H18FNO4/c1-29-23-13-17(12-20(14-26)18-7-9-21(25)10-8-18)4-11-22(23)30-15-16-2-5-19(6-3-16)24(27)28/h2-13H,15H2,1H3,(H,27,28). The molecule has 0 atom stereocenters. The molecule has 30 heavy (non-hydrogen) atoms. The third-order valence-corrected chi connectivity index (χ3v) is 4.37. The fourth-order valence-electron chi connectivity index (χ4n) is 2.77. The molecular weight excluding hydrogens is 385 g/mol. The van der Waals surface area contributed by atoms with E-state index in [4.69, 9.17) is 14.6 Å². The van der Waals surface area contributed by atoms with Gasteiger partial charge in [-0.05, 0) is 59.2 Å². The van der Waals surface area contributed by atoms with Crippen LogP contribution in [0.15, 0.2) is 66.7 Å². The van der Waals surface area contributed by atoms with Crippen molar-refractivity contribution >= 4 is 17.6 Å². The number of hydrogen-bond acceptors (Lipinski definition) is 4. The molecular formula is C24H18FNO4. The smallest absolute Gasteiger partial charge is 0.335 e. The summed E-state index contributed by atoms with van der Waals surface area (Å²) < 4.78 is 24.3. The fraction of sp³-hybridized carbons (Fsp3) is 0.0833. The molecule has 1 N–H and O–H groups in total. The van der Waals surface area contributed by atoms with Crippen LogP contribution in [-0.4, -0.2) is 18.2 Å². The van der Waals surface area contributed by atoms with Crippen LogP contribution in [0, 0.1) is 17.1 Å². The molecule has 0 aliphatic heterocycles. The number of carboxylic acid groups (broad SMARTS) is 1. The van der Waals surface area contributed by atoms with E-state index in [-0.39, 0.29) is 18.0 Å². The minimum absolute atomic E-state index is 0.210. The summed E-state index contributed by atoms with van der Waals surface area (Å²) >= 11 is 0. The van der Waals surface area contributed by atoms with E-state index in [9.17, 15) is 14.4 Å². The average Bonchev–Trinajstić information content (AvgIpc) is 2.77. The molecule has 0 unspecified atom stereocenters. The van der Waals surface area contributed by atoms with Crippen molar-refractivity contribution in [1.29, 1.82) is 5.26 Å². The molecule has 0 spiro atoms. The molecule has 0 amide bonds. The summed E-state index contributed by atoms with van der Waals surface area (Å²) in [5, 5.41) is 18.4. The van der Waals surface area contributed by atoms with Gasteiger partial charge in [0.05, 0.1) is 24.3 Å². The van der Waals surface area contributed by atoms with Crippen molar-refractivity contribution in [2.75, 3.05) is 7.11 Å². The molecule has 6 heteroatoms. The van der Waals surface area contributed by atoms with E-state index in [0.717, 1.165) is 11.1 Å². The number of halogens is 1. The predicted octanol–water partition coefficient (Wildman–Crippen LogP) is 5.18. The van der Waals surface area contributed by atoms with Gasteiger partial charge >= 0.3 is 5.97 Å². The molecule has 0 heterocycles. The highest BCUT2D eigenvalue weighted by Crippen LogP contribution is 2.30. The predicted molar refractivity (Wildman–Crippen MR) is 111 cm³/mol. The topological polar surface area (TPSA) is 79.5 Å². The van der Waals surface area contributed by atoms with Gasteiger partial charge in [-0.3, -0.25) is 0 Å². The van der Waals surface area contributed by atoms with Crippen molar-refractivity contribution in [2.24, 2.45) is 0 Å². The van der Waals surface area contributed by atoms with Crippen molar-refractivity contribution < 1.29 is 23.8 Å². The molecule has 0 aliphatic carbocycles. The molecule has 0 aliphatic rings. The molecule has 3 aromatic rings. The third-order valence-electron chi connectivity index (χ3n) is 4.37. The molecule has 3 rings (SSSR count). The second kappa shape index (κ2) is 9.39. The molecule has 150 valence electrons. The number of methoxy groups -OCH3 is 1. The molecule has 0 fully saturated rings. The molecule has 0 saturated carbocycles. The molecule has 0 aromatic heterocycles. The highest BCUT2D eigenvalue weighted by molar-refractivity contribution is 5.90. The maximum atomic E-state index is 13.1. The van der Waals surface area contributed by atoms with Gasteiger partial charge in [0.15, 0.2) is 11.5 Å². The SMILES string of the molecule is COc1cc(C=C(C#N)c2ccc(F)cc2)ccc1OCc1ccc(C(=O)O)cc1. The van der Waals surface area contributed by atoms with Crippen LogP contribution < -0.4 is 9.47 Å². The summed E-state index contributed by atoms with van der Waals surface area (Å²) in [6.07, 6.45) is 1.68. The first-order valence-corrected chi connectivity index (χ1v) is 9.01. The Morgan fingerprint density at radius 3 is 2.30 bits per heavy atom. The largest absolute Gasteiger partial charge is 0.493 e. The number of carbonyl (C=O) groups is 1. The first-order valence-electron chi connectivity index (χ1n) is 9.01. The molecule has 0 bridgehead atoms. The summed E-state index contributed by atoms with van der Waals surface area (Å²) in [4.78, 5) is 10.9. The van der Waals surface area contributed by atoms with Crippen LogP contribution in [0.5, 0.6) is 11.5 Å². The van der Waals surface area contributed by atoms with Gasteiger partial charge in [-0.15, -0.1) is 0 Å². The third kappa shape index (κ3) is 5.03. The maximum Gasteiger partial charge on any atom is 0.335 e. The lowest BCUT2D eigenvalue weighted by molar-refractivity contribution is 0.0697. The molecule has 0 saturated heterocycles. The van der Waals surface area contributed by atoms with Gasteiger partial charge < -0.3 is 14.6 Å². The lowest BCUT2D eigenvalue weighted by Crippen LogP contribution is -2.00. The summed E-state index contributed by atoms with van der Waals surface area (Å²) in [6, 6.07) is 19.5. The maximum absolute atomic E-state index is 13.1. The van der Waals surface area contributed by atoms with Gasteiger partial charge in [0.25, 0.3) is 0 Å². The van der Waals surface area contributed by atoms with E-state index in [2.05, 4.69) is 6.07 Å². The quantitative estimate of drug-likeness (QED) is 0.435. The van der Waals surface area contributed by atoms with Gasteiger partial charge in [0.1, 0.15) is 12.4 Å². The summed E-state index contributed by atoms with van der Waals surface area (Å²) in [7, 11) is 1.52. The van der Waals surface area contributed by atoms with Gasteiger partial charge in [0.2, 0.25) is 0 Å². The first kappa shape index (κ1) is 20.6. The summed E-state index contributed by atoms with van der Waals surface area (Å²) in [5.41, 5.74) is 2.76. The van der Waals surface area contributed by atoms with Crippen molar-refractivity contribution in [3.05, 3.63) is 94.8 Å². The molecule has 3 aromatic carbocycles. The van der Waals surface area contributed by atoms with E-state index >= 15 is 0 Å². The Hall–Kier alpha value is -4.11. The van der Waals surface area contributed by atoms with Gasteiger partial charge in [-0.25, -0.2) is 9.18 Å². The average molecular weight is 403 g/mol. The van der Waals surface area contributed by atoms with Crippen molar-refractivity contribution in [3.63, 3.8) is 0 Å². The Labute approximate surface area is 173 Å². The summed E-state index contributed by atoms with van der Waals surface area (Å²) in [6.45, 7) is 0.241. The van der Waals surface area contributed by atoms with Crippen LogP contribution in [-0.2, 0) is 6.61 Å². The zero-order valence-electron chi connectivity index (χ0n) is 16.1. The van der Waals surface area contributed by atoms with E-state index in [1.54, 1.807) is 48.5 Å². The number of nitriles is 1. The van der Waals surface area contributed by atoms with Crippen LogP contribution >= 0.6 is 0 Å². The minimum atomic E-state index is -0.981. The summed E-state index contributed by atoms with van der Waals surface area (Å²) in [5.74, 6) is -0.346. The Bertz CT molecular complexity index is 1110. The van der Waals surface area contributed by atoms with Crippen LogP contribution in [0.1, 0.15) is 27.0 Å². The number of hydrogen-bond donors (Lipinski definition) is 1. The number of nitrogens with zero attached hydrogens (tertiary/aromatic N) is 1. The minimum Gasteiger partial charge on any atom is -0.493 e. The van der Waals surface area contributed by atoms with Gasteiger partial charge in [0, 0.05) is 0 Å². The molecule has 0 radical (unpaired) electrons. The second-order valence-corrected chi connectivity index (χ2v) is 6.38. The van der Waals surface area contributed by atoms with E-state index in [0.29, 0.717) is 22.6 Å². The number of carboxylic acids is 1. The Kier molecular flexibility index (Phi) is 6.46. The highest BCUT2D eigenvalue weighted by Gasteiger charge is 2.08. The first-order chi connectivity index (χ1) is 14.5. The van der Waals surface area contributed by atoms with Crippen LogP contribution in [0.2, 0.25) is 0 Å². The second-order valence-electron chi connectivity index (χ2n) is 6.38. The van der Waals surface area contributed by atoms with Gasteiger partial charge in [-0.1, -0.05) is 30.3 Å². The van der Waals surface area contributed by atoms with Crippen molar-refractivity contribution in [2.45, 2.75) is 6.61 Å². The van der Waals surface area contributed by atoms with Gasteiger partial charge in [-0.2, -0.15) is 5.26 Å².